The van der Waals surface area contributed by atoms with Crippen molar-refractivity contribution in [3.8, 4) is 0 Å². The predicted octanol–water partition coefficient (Wildman–Crippen LogP) is 5.20. The van der Waals surface area contributed by atoms with Gasteiger partial charge >= 0.3 is 12.1 Å². The number of amides is 1. The number of halogens is 1. The van der Waals surface area contributed by atoms with Crippen LogP contribution < -0.4 is 5.32 Å². The molecule has 2 aromatic carbocycles. The van der Waals surface area contributed by atoms with Gasteiger partial charge in [-0.1, -0.05) is 30.3 Å². The normalized spacial score (nSPS) is 10.5. The molecule has 3 aromatic rings. The van der Waals surface area contributed by atoms with E-state index in [0.29, 0.717) is 15.0 Å². The van der Waals surface area contributed by atoms with Crippen LogP contribution in [0.3, 0.4) is 0 Å². The predicted molar refractivity (Wildman–Crippen MR) is 101 cm³/mol. The van der Waals surface area contributed by atoms with Crippen LogP contribution in [0.4, 0.5) is 10.5 Å². The van der Waals surface area contributed by atoms with E-state index in [2.05, 4.69) is 21.2 Å². The van der Waals surface area contributed by atoms with Gasteiger partial charge in [-0.3, -0.25) is 5.32 Å². The highest BCUT2D eigenvalue weighted by Gasteiger charge is 2.15. The minimum Gasteiger partial charge on any atom is -0.465 e. The zero-order valence-corrected chi connectivity index (χ0v) is 15.6. The van der Waals surface area contributed by atoms with Gasteiger partial charge < -0.3 is 9.47 Å². The molecule has 3 rings (SSSR count). The highest BCUT2D eigenvalue weighted by molar-refractivity contribution is 9.10. The lowest BCUT2D eigenvalue weighted by Crippen LogP contribution is -2.13. The minimum atomic E-state index is -0.549. The molecule has 0 aliphatic rings. The molecule has 0 aliphatic carbocycles. The summed E-state index contributed by atoms with van der Waals surface area (Å²) >= 11 is 4.81. The number of nitrogens with one attached hydrogen (secondary N) is 1. The van der Waals surface area contributed by atoms with Gasteiger partial charge in [-0.05, 0) is 39.7 Å². The fourth-order valence-corrected chi connectivity index (χ4v) is 3.92. The topological polar surface area (TPSA) is 64.6 Å². The maximum atomic E-state index is 12.0. The second-order valence-corrected chi connectivity index (χ2v) is 7.00. The van der Waals surface area contributed by atoms with E-state index in [1.165, 1.54) is 18.4 Å². The number of esters is 1. The van der Waals surface area contributed by atoms with Crippen LogP contribution in [0.25, 0.3) is 10.1 Å². The number of anilines is 1. The third-order valence-electron chi connectivity index (χ3n) is 3.47. The molecule has 0 atom stereocenters. The molecule has 1 aromatic heterocycles. The number of hydrogen-bond donors (Lipinski definition) is 1. The van der Waals surface area contributed by atoms with Gasteiger partial charge in [-0.2, -0.15) is 0 Å². The third-order valence-corrected chi connectivity index (χ3v) is 5.41. The van der Waals surface area contributed by atoms with Gasteiger partial charge in [-0.25, -0.2) is 9.59 Å². The summed E-state index contributed by atoms with van der Waals surface area (Å²) in [5, 5.41) is 3.53. The Bertz CT molecular complexity index is 923. The van der Waals surface area contributed by atoms with Gasteiger partial charge in [0.25, 0.3) is 0 Å². The van der Waals surface area contributed by atoms with E-state index in [4.69, 9.17) is 9.47 Å². The van der Waals surface area contributed by atoms with Crippen LogP contribution in [0, 0.1) is 0 Å². The van der Waals surface area contributed by atoms with Crippen LogP contribution in [0.2, 0.25) is 0 Å². The summed E-state index contributed by atoms with van der Waals surface area (Å²) in [5.41, 5.74) is 1.48. The number of carbonyl (C=O) groups is 2. The van der Waals surface area contributed by atoms with Crippen LogP contribution in [0.5, 0.6) is 0 Å². The molecular weight excluding hydrogens is 406 g/mol. The Morgan fingerprint density at radius 1 is 1.16 bits per heavy atom. The fraction of sp³-hybridized carbons (Fsp3) is 0.111. The number of methoxy groups -OCH3 is 1. The number of carbonyl (C=O) groups excluding carboxylic acids is 2. The average Bonchev–Trinajstić information content (AvgIpc) is 3.08. The molecule has 0 bridgehead atoms. The van der Waals surface area contributed by atoms with Gasteiger partial charge in [0.05, 0.1) is 12.8 Å². The molecule has 1 amide bonds. The molecular formula is C18H14BrNO4S. The summed E-state index contributed by atoms with van der Waals surface area (Å²) in [6, 6.07) is 14.8. The highest BCUT2D eigenvalue weighted by atomic mass is 79.9. The lowest BCUT2D eigenvalue weighted by molar-refractivity contribution is 0.0606. The van der Waals surface area contributed by atoms with Gasteiger partial charge in [0.1, 0.15) is 11.5 Å². The van der Waals surface area contributed by atoms with E-state index in [1.807, 2.05) is 36.4 Å². The van der Waals surface area contributed by atoms with Crippen LogP contribution in [-0.2, 0) is 16.1 Å². The molecule has 0 saturated heterocycles. The molecule has 0 saturated carbocycles. The van der Waals surface area contributed by atoms with E-state index in [1.54, 1.807) is 12.1 Å². The van der Waals surface area contributed by atoms with Crippen LogP contribution in [0.1, 0.15) is 15.2 Å². The van der Waals surface area contributed by atoms with E-state index < -0.39 is 6.09 Å². The van der Waals surface area contributed by atoms with Crippen LogP contribution >= 0.6 is 27.3 Å². The second-order valence-electron chi connectivity index (χ2n) is 5.13. The first-order chi connectivity index (χ1) is 12.1. The van der Waals surface area contributed by atoms with Gasteiger partial charge in [-0.15, -0.1) is 11.3 Å². The molecule has 0 aliphatic heterocycles. The number of fused-ring (bicyclic) bond motifs is 1. The summed E-state index contributed by atoms with van der Waals surface area (Å²) < 4.78 is 11.6. The zero-order valence-electron chi connectivity index (χ0n) is 13.2. The Kier molecular flexibility index (Phi) is 5.35. The Morgan fingerprint density at radius 3 is 2.64 bits per heavy atom. The molecule has 128 valence electrons. The van der Waals surface area contributed by atoms with Crippen molar-refractivity contribution in [3.05, 3.63) is 63.4 Å². The molecule has 0 spiro atoms. The smallest absolute Gasteiger partial charge is 0.411 e. The maximum Gasteiger partial charge on any atom is 0.411 e. The van der Waals surface area contributed by atoms with E-state index in [0.717, 1.165) is 15.6 Å². The van der Waals surface area contributed by atoms with Crippen molar-refractivity contribution in [1.82, 2.24) is 0 Å². The Morgan fingerprint density at radius 2 is 1.92 bits per heavy atom. The molecule has 7 heteroatoms. The van der Waals surface area contributed by atoms with Crippen LogP contribution in [0.15, 0.2) is 53.0 Å². The van der Waals surface area contributed by atoms with E-state index in [9.17, 15) is 9.59 Å². The van der Waals surface area contributed by atoms with Crippen molar-refractivity contribution >= 4 is 55.1 Å². The largest absolute Gasteiger partial charge is 0.465 e. The molecule has 0 fully saturated rings. The summed E-state index contributed by atoms with van der Waals surface area (Å²) in [4.78, 5) is 24.2. The molecule has 0 radical (unpaired) electrons. The number of hydrogen-bond acceptors (Lipinski definition) is 5. The number of ether oxygens (including phenoxy) is 2. The van der Waals surface area contributed by atoms with Crippen molar-refractivity contribution in [2.45, 2.75) is 6.61 Å². The summed E-state index contributed by atoms with van der Waals surface area (Å²) in [5.74, 6) is -0.384. The van der Waals surface area contributed by atoms with Crippen molar-refractivity contribution in [1.29, 1.82) is 0 Å². The maximum absolute atomic E-state index is 12.0. The zero-order chi connectivity index (χ0) is 17.8. The Balaban J connectivity index is 1.73. The van der Waals surface area contributed by atoms with E-state index in [-0.39, 0.29) is 12.6 Å². The van der Waals surface area contributed by atoms with Gasteiger partial charge in [0.15, 0.2) is 0 Å². The lowest BCUT2D eigenvalue weighted by atomic mass is 10.2. The lowest BCUT2D eigenvalue weighted by Gasteiger charge is -2.09. The summed E-state index contributed by atoms with van der Waals surface area (Å²) in [6.45, 7) is 0.192. The van der Waals surface area contributed by atoms with E-state index >= 15 is 0 Å². The number of rotatable bonds is 4. The SMILES string of the molecule is COC(=O)c1cc2c(Br)c(NC(=O)OCc3ccccc3)ccc2s1. The second kappa shape index (κ2) is 7.67. The standard InChI is InChI=1S/C18H14BrNO4S/c1-23-17(21)15-9-12-14(25-15)8-7-13(16(12)19)20-18(22)24-10-11-5-3-2-4-6-11/h2-9H,10H2,1H3,(H,20,22). The fourth-order valence-electron chi connectivity index (χ4n) is 2.24. The van der Waals surface area contributed by atoms with Gasteiger partial charge in [0.2, 0.25) is 0 Å². The van der Waals surface area contributed by atoms with Crippen molar-refractivity contribution < 1.29 is 19.1 Å². The average molecular weight is 420 g/mol. The van der Waals surface area contributed by atoms with Crippen molar-refractivity contribution in [2.24, 2.45) is 0 Å². The quantitative estimate of drug-likeness (QED) is 0.590. The number of benzene rings is 2. The van der Waals surface area contributed by atoms with Crippen molar-refractivity contribution in [2.75, 3.05) is 12.4 Å². The molecule has 1 N–H and O–H groups in total. The monoisotopic (exact) mass is 419 g/mol. The molecule has 0 unspecified atom stereocenters. The van der Waals surface area contributed by atoms with Crippen molar-refractivity contribution in [3.63, 3.8) is 0 Å². The third kappa shape index (κ3) is 4.00. The first-order valence-electron chi connectivity index (χ1n) is 7.36. The summed E-state index contributed by atoms with van der Waals surface area (Å²) in [6.07, 6.45) is -0.549. The Hall–Kier alpha value is -2.38. The molecule has 1 heterocycles. The minimum absolute atomic E-state index is 0.192. The Labute approximate surface area is 156 Å². The first-order valence-corrected chi connectivity index (χ1v) is 8.97. The number of thiophene rings is 1. The molecule has 5 nitrogen and oxygen atoms in total. The summed E-state index contributed by atoms with van der Waals surface area (Å²) in [7, 11) is 1.34. The highest BCUT2D eigenvalue weighted by Crippen LogP contribution is 2.36. The first kappa shape index (κ1) is 17.4. The van der Waals surface area contributed by atoms with Gasteiger partial charge in [0, 0.05) is 14.6 Å². The molecule has 25 heavy (non-hydrogen) atoms. The van der Waals surface area contributed by atoms with Crippen LogP contribution in [-0.4, -0.2) is 19.2 Å².